The van der Waals surface area contributed by atoms with Gasteiger partial charge in [-0.1, -0.05) is 30.0 Å². The van der Waals surface area contributed by atoms with E-state index < -0.39 is 0 Å². The minimum atomic E-state index is -0.0965. The third-order valence-electron chi connectivity index (χ3n) is 4.46. The second kappa shape index (κ2) is 6.99. The SMILES string of the molecule is CC1CNCCN1CSc1nc2[nH]ncc2c(=O)n1-c1ccccc1. The predicted molar refractivity (Wildman–Crippen MR) is 99.2 cm³/mol. The molecule has 0 amide bonds. The van der Waals surface area contributed by atoms with E-state index in [-0.39, 0.29) is 5.56 Å². The molecule has 0 bridgehead atoms. The number of piperazine rings is 1. The molecule has 0 aliphatic carbocycles. The first-order valence-electron chi connectivity index (χ1n) is 8.33. The van der Waals surface area contributed by atoms with Crippen LogP contribution in [0.25, 0.3) is 16.7 Å². The van der Waals surface area contributed by atoms with Crippen molar-refractivity contribution in [3.63, 3.8) is 0 Å². The van der Waals surface area contributed by atoms with Gasteiger partial charge in [-0.25, -0.2) is 4.98 Å². The zero-order valence-electron chi connectivity index (χ0n) is 14.0. The number of rotatable bonds is 4. The van der Waals surface area contributed by atoms with Crippen LogP contribution in [0.2, 0.25) is 0 Å². The number of hydrogen-bond acceptors (Lipinski definition) is 6. The summed E-state index contributed by atoms with van der Waals surface area (Å²) in [4.78, 5) is 20.0. The Morgan fingerprint density at radius 1 is 1.32 bits per heavy atom. The average Bonchev–Trinajstić information content (AvgIpc) is 3.11. The molecule has 1 aliphatic rings. The van der Waals surface area contributed by atoms with Gasteiger partial charge in [-0.2, -0.15) is 5.10 Å². The molecule has 25 heavy (non-hydrogen) atoms. The fourth-order valence-corrected chi connectivity index (χ4v) is 4.13. The van der Waals surface area contributed by atoms with E-state index in [1.807, 2.05) is 30.3 Å². The Bertz CT molecular complexity index is 922. The lowest BCUT2D eigenvalue weighted by Gasteiger charge is -2.33. The van der Waals surface area contributed by atoms with Crippen molar-refractivity contribution in [3.8, 4) is 5.69 Å². The van der Waals surface area contributed by atoms with Crippen molar-refractivity contribution in [2.75, 3.05) is 25.5 Å². The van der Waals surface area contributed by atoms with E-state index in [9.17, 15) is 4.79 Å². The number of aromatic nitrogens is 4. The van der Waals surface area contributed by atoms with Crippen molar-refractivity contribution in [2.45, 2.75) is 18.1 Å². The zero-order chi connectivity index (χ0) is 17.2. The van der Waals surface area contributed by atoms with E-state index in [4.69, 9.17) is 0 Å². The molecular formula is C17H20N6OS. The van der Waals surface area contributed by atoms with Crippen LogP contribution in [0.3, 0.4) is 0 Å². The van der Waals surface area contributed by atoms with Gasteiger partial charge >= 0.3 is 0 Å². The van der Waals surface area contributed by atoms with Crippen molar-refractivity contribution in [1.82, 2.24) is 30.0 Å². The molecule has 1 aliphatic heterocycles. The summed E-state index contributed by atoms with van der Waals surface area (Å²) in [7, 11) is 0. The topological polar surface area (TPSA) is 78.8 Å². The van der Waals surface area contributed by atoms with Gasteiger partial charge < -0.3 is 5.32 Å². The second-order valence-corrected chi connectivity index (χ2v) is 7.05. The first kappa shape index (κ1) is 16.3. The number of fused-ring (bicyclic) bond motifs is 1. The van der Waals surface area contributed by atoms with E-state index >= 15 is 0 Å². The highest BCUT2D eigenvalue weighted by molar-refractivity contribution is 7.99. The highest BCUT2D eigenvalue weighted by atomic mass is 32.2. The van der Waals surface area contributed by atoms with Crippen LogP contribution in [0.15, 0.2) is 46.5 Å². The Morgan fingerprint density at radius 2 is 2.16 bits per heavy atom. The minimum Gasteiger partial charge on any atom is -0.314 e. The summed E-state index contributed by atoms with van der Waals surface area (Å²) in [6.45, 7) is 5.18. The molecule has 2 aromatic heterocycles. The van der Waals surface area contributed by atoms with Crippen LogP contribution in [-0.2, 0) is 0 Å². The highest BCUT2D eigenvalue weighted by Gasteiger charge is 2.20. The van der Waals surface area contributed by atoms with Gasteiger partial charge in [0.15, 0.2) is 10.8 Å². The predicted octanol–water partition coefficient (Wildman–Crippen LogP) is 1.45. The summed E-state index contributed by atoms with van der Waals surface area (Å²) in [5, 5.41) is 11.4. The van der Waals surface area contributed by atoms with Crippen molar-refractivity contribution in [3.05, 3.63) is 46.9 Å². The Hall–Kier alpha value is -2.16. The lowest BCUT2D eigenvalue weighted by atomic mass is 10.2. The smallest absolute Gasteiger partial charge is 0.269 e. The number of para-hydroxylation sites is 1. The summed E-state index contributed by atoms with van der Waals surface area (Å²) >= 11 is 1.59. The Kier molecular flexibility index (Phi) is 4.56. The summed E-state index contributed by atoms with van der Waals surface area (Å²) in [5.74, 6) is 0.793. The maximum absolute atomic E-state index is 13.0. The third-order valence-corrected chi connectivity index (χ3v) is 5.46. The Balaban J connectivity index is 1.72. The van der Waals surface area contributed by atoms with Crippen LogP contribution in [-0.4, -0.2) is 56.2 Å². The number of aromatic amines is 1. The van der Waals surface area contributed by atoms with Crippen LogP contribution < -0.4 is 10.9 Å². The fourth-order valence-electron chi connectivity index (χ4n) is 2.99. The second-order valence-electron chi connectivity index (χ2n) is 6.14. The molecule has 1 fully saturated rings. The number of thioether (sulfide) groups is 1. The third kappa shape index (κ3) is 3.20. The van der Waals surface area contributed by atoms with E-state index in [1.165, 1.54) is 6.20 Å². The largest absolute Gasteiger partial charge is 0.314 e. The van der Waals surface area contributed by atoms with Gasteiger partial charge in [-0.05, 0) is 19.1 Å². The van der Waals surface area contributed by atoms with Gasteiger partial charge in [0.2, 0.25) is 0 Å². The van der Waals surface area contributed by atoms with Crippen LogP contribution in [0, 0.1) is 0 Å². The van der Waals surface area contributed by atoms with Gasteiger partial charge in [0.1, 0.15) is 5.39 Å². The molecule has 7 nitrogen and oxygen atoms in total. The number of nitrogens with one attached hydrogen (secondary N) is 2. The van der Waals surface area contributed by atoms with E-state index in [2.05, 4.69) is 32.3 Å². The van der Waals surface area contributed by atoms with Crippen molar-refractivity contribution < 1.29 is 0 Å². The van der Waals surface area contributed by atoms with Gasteiger partial charge in [0.05, 0.1) is 17.8 Å². The normalized spacial score (nSPS) is 18.7. The summed E-state index contributed by atoms with van der Waals surface area (Å²) in [5.41, 5.74) is 1.26. The van der Waals surface area contributed by atoms with Crippen molar-refractivity contribution in [2.24, 2.45) is 0 Å². The summed E-state index contributed by atoms with van der Waals surface area (Å²) in [6.07, 6.45) is 1.54. The number of benzene rings is 1. The first-order valence-corrected chi connectivity index (χ1v) is 9.32. The van der Waals surface area contributed by atoms with Crippen molar-refractivity contribution >= 4 is 22.8 Å². The van der Waals surface area contributed by atoms with Crippen molar-refractivity contribution in [1.29, 1.82) is 0 Å². The molecule has 0 radical (unpaired) electrons. The molecule has 1 atom stereocenters. The molecule has 0 spiro atoms. The van der Waals surface area contributed by atoms with Crippen LogP contribution >= 0.6 is 11.8 Å². The molecule has 130 valence electrons. The molecule has 1 aromatic carbocycles. The maximum Gasteiger partial charge on any atom is 0.269 e. The molecule has 2 N–H and O–H groups in total. The standard InChI is InChI=1S/C17H20N6OS/c1-12-9-18-7-8-22(12)11-25-17-20-15-14(10-19-21-15)16(24)23(17)13-5-3-2-4-6-13/h2-6,10,12,18H,7-9,11H2,1H3,(H,19,21). The van der Waals surface area contributed by atoms with Crippen LogP contribution in [0.1, 0.15) is 6.92 Å². The average molecular weight is 356 g/mol. The minimum absolute atomic E-state index is 0.0965. The molecule has 4 rings (SSSR count). The molecule has 3 aromatic rings. The Labute approximate surface area is 149 Å². The van der Waals surface area contributed by atoms with E-state index in [0.29, 0.717) is 22.2 Å². The van der Waals surface area contributed by atoms with Crippen LogP contribution in [0.4, 0.5) is 0 Å². The Morgan fingerprint density at radius 3 is 2.96 bits per heavy atom. The van der Waals surface area contributed by atoms with Gasteiger partial charge in [-0.3, -0.25) is 19.4 Å². The molecule has 8 heteroatoms. The van der Waals surface area contributed by atoms with Gasteiger partial charge in [0, 0.05) is 25.7 Å². The fraction of sp³-hybridized carbons (Fsp3) is 0.353. The maximum atomic E-state index is 13.0. The van der Waals surface area contributed by atoms with Crippen LogP contribution in [0.5, 0.6) is 0 Å². The molecule has 0 saturated carbocycles. The van der Waals surface area contributed by atoms with E-state index in [0.717, 1.165) is 31.2 Å². The molecule has 3 heterocycles. The van der Waals surface area contributed by atoms with Gasteiger partial charge in [-0.15, -0.1) is 0 Å². The summed E-state index contributed by atoms with van der Waals surface area (Å²) < 4.78 is 1.68. The lowest BCUT2D eigenvalue weighted by Crippen LogP contribution is -2.49. The monoisotopic (exact) mass is 356 g/mol. The molecule has 1 unspecified atom stereocenters. The summed E-state index contributed by atoms with van der Waals surface area (Å²) in [6, 6.07) is 10.1. The number of H-pyrrole nitrogens is 1. The quantitative estimate of drug-likeness (QED) is 0.544. The molecule has 1 saturated heterocycles. The van der Waals surface area contributed by atoms with E-state index in [1.54, 1.807) is 16.3 Å². The molecular weight excluding hydrogens is 336 g/mol. The number of hydrogen-bond donors (Lipinski definition) is 2. The van der Waals surface area contributed by atoms with Gasteiger partial charge in [0.25, 0.3) is 5.56 Å². The number of nitrogens with zero attached hydrogens (tertiary/aromatic N) is 4. The first-order chi connectivity index (χ1) is 12.2. The zero-order valence-corrected chi connectivity index (χ0v) is 14.8. The highest BCUT2D eigenvalue weighted by Crippen LogP contribution is 2.22. The lowest BCUT2D eigenvalue weighted by molar-refractivity contribution is 0.205.